The maximum absolute atomic E-state index is 12.2. The van der Waals surface area contributed by atoms with E-state index in [1.54, 1.807) is 43.4 Å². The van der Waals surface area contributed by atoms with Gasteiger partial charge in [0, 0.05) is 37.7 Å². The van der Waals surface area contributed by atoms with Crippen LogP contribution in [-0.2, 0) is 19.1 Å². The minimum absolute atomic E-state index is 0.0929. The smallest absolute Gasteiger partial charge is 0.330 e. The molecule has 0 radical (unpaired) electrons. The van der Waals surface area contributed by atoms with Gasteiger partial charge in [0.25, 0.3) is 0 Å². The van der Waals surface area contributed by atoms with Gasteiger partial charge < -0.3 is 40.1 Å². The number of cyclic esters (lactones) is 1. The molecule has 2 aliphatic heterocycles. The van der Waals surface area contributed by atoms with E-state index >= 15 is 0 Å². The Balaban J connectivity index is 2.27. The van der Waals surface area contributed by atoms with Crippen LogP contribution in [0.2, 0.25) is 0 Å². The number of halogens is 1. The summed E-state index contributed by atoms with van der Waals surface area (Å²) in [5.74, 6) is -5.64. The topological polar surface area (TPSA) is 174 Å². The lowest BCUT2D eigenvalue weighted by atomic mass is 9.83. The normalized spacial score (nSPS) is 43.7. The number of fused-ring (bicyclic) bond motifs is 2. The zero-order chi connectivity index (χ0) is 29.2. The van der Waals surface area contributed by atoms with Crippen LogP contribution in [0.5, 0.6) is 0 Å². The highest BCUT2D eigenvalue weighted by Gasteiger charge is 2.49. The Hall–Kier alpha value is -2.31. The van der Waals surface area contributed by atoms with Crippen molar-refractivity contribution in [1.29, 1.82) is 0 Å². The molecule has 218 valence electrons. The highest BCUT2D eigenvalue weighted by Crippen LogP contribution is 2.37. The van der Waals surface area contributed by atoms with Crippen LogP contribution in [0.3, 0.4) is 0 Å². The number of ether oxygens (including phenoxy) is 2. The van der Waals surface area contributed by atoms with Crippen molar-refractivity contribution in [1.82, 2.24) is 0 Å². The van der Waals surface area contributed by atoms with Crippen molar-refractivity contribution in [2.24, 2.45) is 11.8 Å². The van der Waals surface area contributed by atoms with Crippen molar-refractivity contribution < 1.29 is 49.7 Å². The number of esters is 1. The highest BCUT2D eigenvalue weighted by molar-refractivity contribution is 6.22. The van der Waals surface area contributed by atoms with E-state index in [0.717, 1.165) is 6.08 Å². The second kappa shape index (κ2) is 15.5. The molecule has 0 aromatic rings. The number of carbonyl (C=O) groups excluding carboxylic acids is 1. The van der Waals surface area contributed by atoms with Crippen LogP contribution in [0.1, 0.15) is 39.5 Å². The molecule has 1 saturated heterocycles. The average Bonchev–Trinajstić information content (AvgIpc) is 2.82. The number of hydrogen-bond acceptors (Lipinski definition) is 9. The Bertz CT molecular complexity index is 960. The third kappa shape index (κ3) is 11.0. The average molecular weight is 571 g/mol. The molecule has 0 aliphatic carbocycles. The Kier molecular flexibility index (Phi) is 13.1. The SMILES string of the molecule is CC1/C=C/C=C/C=C/C=C/C(O)C[C@H]2O[C@@](O)(CC(O)C[C@@H](O)[C@H](Cl)/C=C\C(=O)OC1C)C[C@@H](O)[C@@H]2C(=O)O. The summed E-state index contributed by atoms with van der Waals surface area (Å²) in [7, 11) is 0. The van der Waals surface area contributed by atoms with Gasteiger partial charge in [-0.15, -0.1) is 11.6 Å². The molecule has 2 rings (SSSR count). The molecule has 4 unspecified atom stereocenters. The third-order valence-electron chi connectivity index (χ3n) is 6.67. The van der Waals surface area contributed by atoms with E-state index < -0.39 is 78.5 Å². The Labute approximate surface area is 233 Å². The number of carbonyl (C=O) groups is 2. The summed E-state index contributed by atoms with van der Waals surface area (Å²) < 4.78 is 11.0. The van der Waals surface area contributed by atoms with Crippen LogP contribution in [-0.4, -0.2) is 90.4 Å². The first kappa shape index (κ1) is 32.9. The number of aliphatic carboxylic acids is 1. The largest absolute Gasteiger partial charge is 0.481 e. The first-order valence-corrected chi connectivity index (χ1v) is 13.3. The maximum Gasteiger partial charge on any atom is 0.330 e. The molecule has 2 bridgehead atoms. The van der Waals surface area contributed by atoms with E-state index in [2.05, 4.69) is 0 Å². The van der Waals surface area contributed by atoms with Gasteiger partial charge >= 0.3 is 11.9 Å². The van der Waals surface area contributed by atoms with E-state index in [1.807, 2.05) is 13.0 Å². The molecule has 0 spiro atoms. The second-order valence-electron chi connectivity index (χ2n) is 10.0. The highest BCUT2D eigenvalue weighted by atomic mass is 35.5. The van der Waals surface area contributed by atoms with Gasteiger partial charge in [0.2, 0.25) is 0 Å². The molecule has 10 atom stereocenters. The molecule has 2 aliphatic rings. The monoisotopic (exact) mass is 570 g/mol. The standard InChI is InChI=1S/C28H39ClO10/c1-17-9-7-5-3-4-6-8-10-19(30)14-24-26(27(35)36)23(33)16-28(37,39-24)15-20(31)13-22(32)21(29)11-12-25(34)38-18(17)2/h3-12,17-24,26,30-33,37H,13-16H2,1-2H3,(H,35,36)/b5-3+,6-4+,9-7+,10-8+,12-11-/t17?,18?,19?,20?,21-,22-,23-,24-,26+,28+/m1/s1. The zero-order valence-electron chi connectivity index (χ0n) is 22.0. The lowest BCUT2D eigenvalue weighted by Crippen LogP contribution is -2.56. The van der Waals surface area contributed by atoms with Gasteiger partial charge in [-0.1, -0.05) is 61.6 Å². The van der Waals surface area contributed by atoms with Gasteiger partial charge in [-0.2, -0.15) is 0 Å². The van der Waals surface area contributed by atoms with Crippen LogP contribution in [0, 0.1) is 11.8 Å². The molecule has 6 N–H and O–H groups in total. The molecule has 0 amide bonds. The van der Waals surface area contributed by atoms with Gasteiger partial charge in [0.05, 0.1) is 35.9 Å². The maximum atomic E-state index is 12.2. The molecular weight excluding hydrogens is 532 g/mol. The first-order chi connectivity index (χ1) is 18.3. The number of rotatable bonds is 1. The van der Waals surface area contributed by atoms with E-state index in [4.69, 9.17) is 21.1 Å². The molecule has 0 aromatic heterocycles. The van der Waals surface area contributed by atoms with Crippen LogP contribution >= 0.6 is 11.6 Å². The van der Waals surface area contributed by atoms with E-state index in [0.29, 0.717) is 0 Å². The van der Waals surface area contributed by atoms with Crippen molar-refractivity contribution in [3.63, 3.8) is 0 Å². The predicted molar refractivity (Wildman–Crippen MR) is 144 cm³/mol. The fraction of sp³-hybridized carbons (Fsp3) is 0.571. The number of carboxylic acid groups (broad SMARTS) is 1. The van der Waals surface area contributed by atoms with Crippen molar-refractivity contribution in [2.45, 2.75) is 87.3 Å². The Morgan fingerprint density at radius 2 is 1.54 bits per heavy atom. The van der Waals surface area contributed by atoms with Gasteiger partial charge in [-0.3, -0.25) is 4.79 Å². The van der Waals surface area contributed by atoms with Crippen LogP contribution < -0.4 is 0 Å². The van der Waals surface area contributed by atoms with E-state index in [-0.39, 0.29) is 18.8 Å². The van der Waals surface area contributed by atoms with Crippen LogP contribution in [0.15, 0.2) is 60.8 Å². The summed E-state index contributed by atoms with van der Waals surface area (Å²) in [6.07, 6.45) is 7.26. The van der Waals surface area contributed by atoms with E-state index in [9.17, 15) is 40.2 Å². The number of aliphatic hydroxyl groups is 5. The minimum Gasteiger partial charge on any atom is -0.481 e. The summed E-state index contributed by atoms with van der Waals surface area (Å²) in [4.78, 5) is 24.0. The number of alkyl halides is 1. The first-order valence-electron chi connectivity index (χ1n) is 12.9. The van der Waals surface area contributed by atoms with Crippen LogP contribution in [0.25, 0.3) is 0 Å². The van der Waals surface area contributed by atoms with Gasteiger partial charge in [0.1, 0.15) is 12.0 Å². The predicted octanol–water partition coefficient (Wildman–Crippen LogP) is 1.75. The molecular formula is C28H39ClO10. The molecule has 1 fully saturated rings. The quantitative estimate of drug-likeness (QED) is 0.201. The van der Waals surface area contributed by atoms with Gasteiger partial charge in [-0.25, -0.2) is 4.79 Å². The Morgan fingerprint density at radius 1 is 0.923 bits per heavy atom. The number of carboxylic acids is 1. The number of aliphatic hydroxyl groups excluding tert-OH is 4. The molecule has 11 heteroatoms. The van der Waals surface area contributed by atoms with Crippen molar-refractivity contribution in [3.05, 3.63) is 60.8 Å². The van der Waals surface area contributed by atoms with Gasteiger partial charge in [-0.05, 0) is 6.92 Å². The summed E-state index contributed by atoms with van der Waals surface area (Å²) >= 11 is 6.16. The fourth-order valence-corrected chi connectivity index (χ4v) is 4.58. The van der Waals surface area contributed by atoms with Crippen molar-refractivity contribution >= 4 is 23.5 Å². The molecule has 2 heterocycles. The van der Waals surface area contributed by atoms with E-state index in [1.165, 1.54) is 12.2 Å². The molecule has 39 heavy (non-hydrogen) atoms. The fourth-order valence-electron chi connectivity index (χ4n) is 4.40. The third-order valence-corrected chi connectivity index (χ3v) is 7.11. The molecule has 0 saturated carbocycles. The summed E-state index contributed by atoms with van der Waals surface area (Å²) in [5.41, 5.74) is 0. The zero-order valence-corrected chi connectivity index (χ0v) is 22.7. The summed E-state index contributed by atoms with van der Waals surface area (Å²) in [6.45, 7) is 3.62. The number of allylic oxidation sites excluding steroid dienone is 6. The van der Waals surface area contributed by atoms with Gasteiger partial charge in [0.15, 0.2) is 5.79 Å². The number of hydrogen-bond donors (Lipinski definition) is 6. The minimum atomic E-state index is -2.13. The van der Waals surface area contributed by atoms with Crippen molar-refractivity contribution in [2.75, 3.05) is 0 Å². The van der Waals surface area contributed by atoms with Crippen molar-refractivity contribution in [3.8, 4) is 0 Å². The summed E-state index contributed by atoms with van der Waals surface area (Å²) in [6, 6.07) is 0. The lowest BCUT2D eigenvalue weighted by Gasteiger charge is -2.44. The summed E-state index contributed by atoms with van der Waals surface area (Å²) in [5, 5.41) is 61.4. The second-order valence-corrected chi connectivity index (χ2v) is 10.6. The molecule has 10 nitrogen and oxygen atoms in total. The lowest BCUT2D eigenvalue weighted by molar-refractivity contribution is -0.300. The Morgan fingerprint density at radius 3 is 2.18 bits per heavy atom. The molecule has 0 aromatic carbocycles. The van der Waals surface area contributed by atoms with Crippen LogP contribution in [0.4, 0.5) is 0 Å².